The van der Waals surface area contributed by atoms with Gasteiger partial charge < -0.3 is 16.4 Å². The summed E-state index contributed by atoms with van der Waals surface area (Å²) in [6.45, 7) is 14.7. The Morgan fingerprint density at radius 3 is 2.40 bits per heavy atom. The number of nitrogens with two attached hydrogens (primary N) is 2. The van der Waals surface area contributed by atoms with Crippen LogP contribution in [-0.2, 0) is 0 Å². The summed E-state index contributed by atoms with van der Waals surface area (Å²) in [7, 11) is 0. The highest BCUT2D eigenvalue weighted by molar-refractivity contribution is 6.04. The molecular formula is C37H53N5. The van der Waals surface area contributed by atoms with Crippen molar-refractivity contribution in [3.63, 3.8) is 0 Å². The number of fused-ring (bicyclic) bond motifs is 1. The van der Waals surface area contributed by atoms with Gasteiger partial charge in [0.2, 0.25) is 0 Å². The molecule has 5 nitrogen and oxygen atoms in total. The number of allylic oxidation sites excluding steroid dienone is 6. The molecule has 42 heavy (non-hydrogen) atoms. The highest BCUT2D eigenvalue weighted by Gasteiger charge is 2.18. The van der Waals surface area contributed by atoms with Crippen LogP contribution in [0.25, 0.3) is 22.2 Å². The van der Waals surface area contributed by atoms with E-state index in [9.17, 15) is 0 Å². The molecule has 0 saturated heterocycles. The van der Waals surface area contributed by atoms with E-state index in [-0.39, 0.29) is 0 Å². The zero-order valence-corrected chi connectivity index (χ0v) is 26.7. The van der Waals surface area contributed by atoms with E-state index in [1.165, 1.54) is 51.4 Å². The first kappa shape index (κ1) is 34.3. The first-order valence-corrected chi connectivity index (χ1v) is 15.7. The van der Waals surface area contributed by atoms with Crippen LogP contribution in [0.5, 0.6) is 0 Å². The van der Waals surface area contributed by atoms with Crippen molar-refractivity contribution in [2.75, 3.05) is 0 Å². The van der Waals surface area contributed by atoms with Gasteiger partial charge in [0, 0.05) is 29.5 Å². The van der Waals surface area contributed by atoms with E-state index in [0.717, 1.165) is 40.1 Å². The van der Waals surface area contributed by atoms with Gasteiger partial charge in [0.1, 0.15) is 11.5 Å². The van der Waals surface area contributed by atoms with Crippen LogP contribution in [0.15, 0.2) is 96.6 Å². The maximum atomic E-state index is 6.69. The normalized spacial score (nSPS) is 15.6. The average molecular weight is 568 g/mol. The lowest BCUT2D eigenvalue weighted by Gasteiger charge is -2.24. The molecule has 2 aromatic rings. The fraction of sp³-hybridized carbons (Fsp3) is 0.405. The van der Waals surface area contributed by atoms with Crippen LogP contribution in [0.2, 0.25) is 0 Å². The minimum Gasteiger partial charge on any atom is -0.396 e. The molecule has 3 rings (SSSR count). The van der Waals surface area contributed by atoms with Gasteiger partial charge in [-0.1, -0.05) is 128 Å². The molecule has 2 heterocycles. The van der Waals surface area contributed by atoms with E-state index >= 15 is 0 Å². The van der Waals surface area contributed by atoms with Crippen molar-refractivity contribution >= 4 is 28.0 Å². The molecule has 226 valence electrons. The van der Waals surface area contributed by atoms with Crippen molar-refractivity contribution in [2.45, 2.75) is 92.4 Å². The number of rotatable bonds is 14. The molecule has 5 heteroatoms. The Hall–Kier alpha value is -3.86. The third-order valence-corrected chi connectivity index (χ3v) is 7.44. The summed E-state index contributed by atoms with van der Waals surface area (Å²) < 4.78 is 0. The Labute approximate surface area is 255 Å². The summed E-state index contributed by atoms with van der Waals surface area (Å²) in [4.78, 5) is 11.1. The summed E-state index contributed by atoms with van der Waals surface area (Å²) in [5, 5.41) is 1.05. The second-order valence-corrected chi connectivity index (χ2v) is 10.8. The summed E-state index contributed by atoms with van der Waals surface area (Å²) in [6.07, 6.45) is 26.9. The second kappa shape index (κ2) is 19.3. The second-order valence-electron chi connectivity index (χ2n) is 10.8. The first-order chi connectivity index (χ1) is 20.4. The summed E-state index contributed by atoms with van der Waals surface area (Å²) in [5.74, 6) is 1.17. The zero-order valence-electron chi connectivity index (χ0n) is 26.7. The van der Waals surface area contributed by atoms with Gasteiger partial charge in [0.05, 0.1) is 16.9 Å². The monoisotopic (exact) mass is 567 g/mol. The molecule has 1 aliphatic heterocycles. The molecule has 1 atom stereocenters. The standard InChI is InChI=1S/C31H39N5.C6H14/c1-5-8-9-13-23(4)27-18-17-25-15-16-26(22-28(25)35-27)29(32)30-31(33)34-19-21-36(30)20-11-10-14-24(7-3)12-6-2;1-3-5-6-4-2/h5,8-9,11,13,15-22,24H,1,6-7,10,12,14,32H2,2-4H3,(H2,33,34);3-6H2,1-2H3/b9-8-,20-11+,23-13+,30-29-;. The number of unbranched alkanes of at least 4 members (excludes halogenated alkanes) is 3. The number of hydrogen-bond acceptors (Lipinski definition) is 5. The average Bonchev–Trinajstić information content (AvgIpc) is 3.01. The third kappa shape index (κ3) is 10.8. The molecule has 0 fully saturated rings. The van der Waals surface area contributed by atoms with Crippen LogP contribution in [0.1, 0.15) is 104 Å². The fourth-order valence-corrected chi connectivity index (χ4v) is 4.84. The van der Waals surface area contributed by atoms with Gasteiger partial charge in [-0.05, 0) is 43.4 Å². The molecule has 0 radical (unpaired) electrons. The van der Waals surface area contributed by atoms with Crippen molar-refractivity contribution in [3.05, 3.63) is 103 Å². The van der Waals surface area contributed by atoms with Gasteiger partial charge in [-0.3, -0.25) is 0 Å². The predicted molar refractivity (Wildman–Crippen MR) is 185 cm³/mol. The van der Waals surface area contributed by atoms with Crippen molar-refractivity contribution in [2.24, 2.45) is 22.4 Å². The Morgan fingerprint density at radius 2 is 1.74 bits per heavy atom. The van der Waals surface area contributed by atoms with E-state index in [4.69, 9.17) is 16.5 Å². The molecule has 0 amide bonds. The van der Waals surface area contributed by atoms with Gasteiger partial charge >= 0.3 is 0 Å². The fourth-order valence-electron chi connectivity index (χ4n) is 4.84. The Morgan fingerprint density at radius 1 is 1.00 bits per heavy atom. The Balaban J connectivity index is 0.000000928. The maximum absolute atomic E-state index is 6.69. The summed E-state index contributed by atoms with van der Waals surface area (Å²) >= 11 is 0. The smallest absolute Gasteiger partial charge is 0.149 e. The number of amidine groups is 1. The maximum Gasteiger partial charge on any atom is 0.149 e. The number of aromatic nitrogens is 1. The highest BCUT2D eigenvalue weighted by Crippen LogP contribution is 2.25. The number of benzene rings is 1. The SMILES string of the molecule is C=C/C=C\C=C(/C)c1ccc2ccc(/C(N)=C3\C(N)=NC=CN3/C=C/CCC(CC)CCC)cc2n1.CCCCCC. The Bertz CT molecular complexity index is 1300. The van der Waals surface area contributed by atoms with Crippen molar-refractivity contribution in [1.82, 2.24) is 9.88 Å². The summed E-state index contributed by atoms with van der Waals surface area (Å²) in [6, 6.07) is 10.2. The minimum atomic E-state index is 0.395. The molecule has 1 aliphatic rings. The molecule has 0 bridgehead atoms. The Kier molecular flexibility index (Phi) is 15.8. The molecule has 0 aliphatic carbocycles. The van der Waals surface area contributed by atoms with E-state index in [0.29, 0.717) is 17.2 Å². The first-order valence-electron chi connectivity index (χ1n) is 15.7. The number of pyridine rings is 1. The molecule has 1 aromatic heterocycles. The van der Waals surface area contributed by atoms with Crippen LogP contribution in [0.4, 0.5) is 0 Å². The van der Waals surface area contributed by atoms with Gasteiger partial charge in [-0.15, -0.1) is 0 Å². The minimum absolute atomic E-state index is 0.395. The lowest BCUT2D eigenvalue weighted by Crippen LogP contribution is -2.29. The molecule has 4 N–H and O–H groups in total. The lowest BCUT2D eigenvalue weighted by molar-refractivity contribution is 0.435. The van der Waals surface area contributed by atoms with E-state index in [1.807, 2.05) is 66.7 Å². The van der Waals surface area contributed by atoms with Crippen LogP contribution in [-0.4, -0.2) is 15.7 Å². The molecule has 0 spiro atoms. The molecular weight excluding hydrogens is 514 g/mol. The van der Waals surface area contributed by atoms with E-state index in [1.54, 1.807) is 12.3 Å². The van der Waals surface area contributed by atoms with Crippen molar-refractivity contribution < 1.29 is 0 Å². The largest absolute Gasteiger partial charge is 0.396 e. The van der Waals surface area contributed by atoms with Crippen LogP contribution in [0.3, 0.4) is 0 Å². The number of aliphatic imine (C=N–C) groups is 1. The van der Waals surface area contributed by atoms with Gasteiger partial charge in [-0.2, -0.15) is 0 Å². The van der Waals surface area contributed by atoms with Crippen molar-refractivity contribution in [1.29, 1.82) is 0 Å². The predicted octanol–water partition coefficient (Wildman–Crippen LogP) is 9.86. The number of hydrogen-bond donors (Lipinski definition) is 2. The lowest BCUT2D eigenvalue weighted by atomic mass is 9.95. The van der Waals surface area contributed by atoms with Crippen LogP contribution in [0, 0.1) is 5.92 Å². The van der Waals surface area contributed by atoms with Gasteiger partial charge in [0.15, 0.2) is 0 Å². The van der Waals surface area contributed by atoms with Gasteiger partial charge in [-0.25, -0.2) is 9.98 Å². The van der Waals surface area contributed by atoms with E-state index in [2.05, 4.69) is 51.4 Å². The van der Waals surface area contributed by atoms with Crippen molar-refractivity contribution in [3.8, 4) is 0 Å². The highest BCUT2D eigenvalue weighted by atomic mass is 15.2. The van der Waals surface area contributed by atoms with Gasteiger partial charge in [0.25, 0.3) is 0 Å². The van der Waals surface area contributed by atoms with E-state index < -0.39 is 0 Å². The summed E-state index contributed by atoms with van der Waals surface area (Å²) in [5.41, 5.74) is 18.0. The third-order valence-electron chi connectivity index (χ3n) is 7.44. The molecule has 1 unspecified atom stereocenters. The van der Waals surface area contributed by atoms with Crippen LogP contribution >= 0.6 is 0 Å². The zero-order chi connectivity index (χ0) is 30.7. The van der Waals surface area contributed by atoms with Crippen LogP contribution < -0.4 is 11.5 Å². The topological polar surface area (TPSA) is 80.5 Å². The quantitative estimate of drug-likeness (QED) is 0.176. The number of nitrogens with zero attached hydrogens (tertiary/aromatic N) is 3. The molecule has 1 aromatic carbocycles. The molecule has 0 saturated carbocycles.